The van der Waals surface area contributed by atoms with E-state index in [4.69, 9.17) is 4.74 Å². The highest BCUT2D eigenvalue weighted by molar-refractivity contribution is 5.90. The number of esters is 1. The third kappa shape index (κ3) is 3.95. The fourth-order valence-corrected chi connectivity index (χ4v) is 2.86. The minimum Gasteiger partial charge on any atom is -0.459 e. The molecule has 1 aliphatic rings. The topological polar surface area (TPSA) is 52.1 Å². The zero-order valence-corrected chi connectivity index (χ0v) is 13.7. The summed E-state index contributed by atoms with van der Waals surface area (Å²) < 4.78 is 5.62. The largest absolute Gasteiger partial charge is 0.459 e. The fraction of sp³-hybridized carbons (Fsp3) is 0.421. The number of rotatable bonds is 3. The van der Waals surface area contributed by atoms with Crippen molar-refractivity contribution >= 4 is 5.97 Å². The minimum atomic E-state index is -0.235. The van der Waals surface area contributed by atoms with Gasteiger partial charge in [0.2, 0.25) is 0 Å². The van der Waals surface area contributed by atoms with Crippen LogP contribution in [0.1, 0.15) is 48.5 Å². The Kier molecular flexibility index (Phi) is 4.70. The Hall–Kier alpha value is -2.23. The Morgan fingerprint density at radius 2 is 1.65 bits per heavy atom. The third-order valence-corrected chi connectivity index (χ3v) is 4.40. The molecule has 1 saturated carbocycles. The molecule has 0 unspecified atom stereocenters. The van der Waals surface area contributed by atoms with Gasteiger partial charge in [-0.1, -0.05) is 19.1 Å². The Balaban J connectivity index is 1.64. The number of aromatic nitrogens is 2. The third-order valence-electron chi connectivity index (χ3n) is 4.40. The van der Waals surface area contributed by atoms with Gasteiger partial charge in [0.05, 0.1) is 5.56 Å². The molecular weight excluding hydrogens is 288 g/mol. The molecule has 2 aromatic rings. The van der Waals surface area contributed by atoms with Crippen LogP contribution >= 0.6 is 0 Å². The first kappa shape index (κ1) is 15.7. The molecule has 4 nitrogen and oxygen atoms in total. The predicted molar refractivity (Wildman–Crippen MR) is 89.0 cm³/mol. The van der Waals surface area contributed by atoms with Gasteiger partial charge in [0.1, 0.15) is 6.10 Å². The van der Waals surface area contributed by atoms with Gasteiger partial charge in [-0.3, -0.25) is 0 Å². The van der Waals surface area contributed by atoms with Gasteiger partial charge in [0, 0.05) is 18.0 Å². The lowest BCUT2D eigenvalue weighted by Crippen LogP contribution is -2.23. The summed E-state index contributed by atoms with van der Waals surface area (Å²) in [6.07, 6.45) is 7.87. The molecule has 0 atom stereocenters. The molecule has 0 amide bonds. The molecule has 0 aliphatic heterocycles. The maximum Gasteiger partial charge on any atom is 0.338 e. The van der Waals surface area contributed by atoms with Gasteiger partial charge in [-0.2, -0.15) is 0 Å². The summed E-state index contributed by atoms with van der Waals surface area (Å²) in [5.41, 5.74) is 2.50. The van der Waals surface area contributed by atoms with Crippen molar-refractivity contribution in [3.05, 3.63) is 47.8 Å². The molecule has 0 N–H and O–H groups in total. The molecule has 0 saturated heterocycles. The molecule has 1 heterocycles. The zero-order chi connectivity index (χ0) is 16.2. The summed E-state index contributed by atoms with van der Waals surface area (Å²) in [5, 5.41) is 0. The maximum absolute atomic E-state index is 12.2. The summed E-state index contributed by atoms with van der Waals surface area (Å²) in [7, 11) is 0. The predicted octanol–water partition coefficient (Wildman–Crippen LogP) is 4.19. The van der Waals surface area contributed by atoms with Crippen molar-refractivity contribution < 1.29 is 9.53 Å². The number of aryl methyl sites for hydroxylation is 1. The molecule has 1 aromatic carbocycles. The SMILES string of the molecule is Cc1cnc(-c2ccc(C(=O)OC3CCC(C)CC3)cc2)nc1. The highest BCUT2D eigenvalue weighted by atomic mass is 16.5. The van der Waals surface area contributed by atoms with Crippen molar-refractivity contribution in [2.75, 3.05) is 0 Å². The first-order chi connectivity index (χ1) is 11.1. The molecule has 0 radical (unpaired) electrons. The van der Waals surface area contributed by atoms with Crippen molar-refractivity contribution in [1.82, 2.24) is 9.97 Å². The molecule has 3 rings (SSSR count). The summed E-state index contributed by atoms with van der Waals surface area (Å²) in [4.78, 5) is 20.8. The van der Waals surface area contributed by atoms with Gasteiger partial charge in [0.25, 0.3) is 0 Å². The number of benzene rings is 1. The van der Waals surface area contributed by atoms with Crippen LogP contribution in [0.25, 0.3) is 11.4 Å². The molecule has 120 valence electrons. The second-order valence-corrected chi connectivity index (χ2v) is 6.45. The molecule has 1 aliphatic carbocycles. The Morgan fingerprint density at radius 1 is 1.04 bits per heavy atom. The second kappa shape index (κ2) is 6.90. The van der Waals surface area contributed by atoms with Gasteiger partial charge >= 0.3 is 5.97 Å². The molecule has 0 bridgehead atoms. The van der Waals surface area contributed by atoms with Crippen molar-refractivity contribution in [2.24, 2.45) is 5.92 Å². The first-order valence-electron chi connectivity index (χ1n) is 8.22. The minimum absolute atomic E-state index is 0.0683. The van der Waals surface area contributed by atoms with E-state index in [-0.39, 0.29) is 12.1 Å². The van der Waals surface area contributed by atoms with Gasteiger partial charge in [-0.05, 0) is 56.2 Å². The van der Waals surface area contributed by atoms with E-state index in [1.807, 2.05) is 19.1 Å². The Morgan fingerprint density at radius 3 is 2.26 bits per heavy atom. The monoisotopic (exact) mass is 310 g/mol. The van der Waals surface area contributed by atoms with Crippen molar-refractivity contribution in [2.45, 2.75) is 45.6 Å². The maximum atomic E-state index is 12.2. The van der Waals surface area contributed by atoms with E-state index in [9.17, 15) is 4.79 Å². The Labute approximate surface area is 136 Å². The van der Waals surface area contributed by atoms with E-state index in [2.05, 4.69) is 16.9 Å². The molecule has 1 fully saturated rings. The van der Waals surface area contributed by atoms with E-state index in [0.29, 0.717) is 11.4 Å². The van der Waals surface area contributed by atoms with Gasteiger partial charge in [0.15, 0.2) is 5.82 Å². The van der Waals surface area contributed by atoms with Gasteiger partial charge in [-0.15, -0.1) is 0 Å². The van der Waals surface area contributed by atoms with Crippen LogP contribution in [0.4, 0.5) is 0 Å². The number of ether oxygens (including phenoxy) is 1. The van der Waals surface area contributed by atoms with Crippen molar-refractivity contribution in [3.63, 3.8) is 0 Å². The van der Waals surface area contributed by atoms with E-state index in [1.54, 1.807) is 24.5 Å². The average molecular weight is 310 g/mol. The number of carbonyl (C=O) groups excluding carboxylic acids is 1. The Bertz CT molecular complexity index is 657. The van der Waals surface area contributed by atoms with Crippen LogP contribution in [-0.4, -0.2) is 22.0 Å². The normalized spacial score (nSPS) is 21.0. The quantitative estimate of drug-likeness (QED) is 0.798. The summed E-state index contributed by atoms with van der Waals surface area (Å²) in [6, 6.07) is 7.30. The van der Waals surface area contributed by atoms with E-state index in [0.717, 1.165) is 42.7 Å². The number of nitrogens with zero attached hydrogens (tertiary/aromatic N) is 2. The van der Waals surface area contributed by atoms with Crippen LogP contribution in [0, 0.1) is 12.8 Å². The van der Waals surface area contributed by atoms with Gasteiger partial charge < -0.3 is 4.74 Å². The first-order valence-corrected chi connectivity index (χ1v) is 8.22. The standard InChI is InChI=1S/C19H22N2O2/c1-13-3-9-17(10-4-13)23-19(22)16-7-5-15(6-8-16)18-20-11-14(2)12-21-18/h5-8,11-13,17H,3-4,9-10H2,1-2H3. The average Bonchev–Trinajstić information content (AvgIpc) is 2.58. The molecule has 4 heteroatoms. The van der Waals surface area contributed by atoms with Crippen molar-refractivity contribution in [3.8, 4) is 11.4 Å². The van der Waals surface area contributed by atoms with Crippen LogP contribution in [0.2, 0.25) is 0 Å². The van der Waals surface area contributed by atoms with E-state index in [1.165, 1.54) is 0 Å². The van der Waals surface area contributed by atoms with E-state index >= 15 is 0 Å². The van der Waals surface area contributed by atoms with Crippen molar-refractivity contribution in [1.29, 1.82) is 0 Å². The number of carbonyl (C=O) groups is 1. The lowest BCUT2D eigenvalue weighted by molar-refractivity contribution is 0.0174. The highest BCUT2D eigenvalue weighted by Gasteiger charge is 2.22. The summed E-state index contributed by atoms with van der Waals surface area (Å²) in [6.45, 7) is 4.21. The number of hydrogen-bond acceptors (Lipinski definition) is 4. The molecule has 0 spiro atoms. The fourth-order valence-electron chi connectivity index (χ4n) is 2.86. The van der Waals surface area contributed by atoms with Crippen LogP contribution in [0.5, 0.6) is 0 Å². The highest BCUT2D eigenvalue weighted by Crippen LogP contribution is 2.26. The summed E-state index contributed by atoms with van der Waals surface area (Å²) in [5.74, 6) is 1.18. The molecular formula is C19H22N2O2. The second-order valence-electron chi connectivity index (χ2n) is 6.45. The molecule has 23 heavy (non-hydrogen) atoms. The van der Waals surface area contributed by atoms with Crippen LogP contribution in [0.3, 0.4) is 0 Å². The zero-order valence-electron chi connectivity index (χ0n) is 13.7. The van der Waals surface area contributed by atoms with Crippen LogP contribution in [-0.2, 0) is 4.74 Å². The molecule has 1 aromatic heterocycles. The number of hydrogen-bond donors (Lipinski definition) is 0. The smallest absolute Gasteiger partial charge is 0.338 e. The van der Waals surface area contributed by atoms with Gasteiger partial charge in [-0.25, -0.2) is 14.8 Å². The van der Waals surface area contributed by atoms with Crippen LogP contribution in [0.15, 0.2) is 36.7 Å². The lowest BCUT2D eigenvalue weighted by Gasteiger charge is -2.25. The summed E-state index contributed by atoms with van der Waals surface area (Å²) >= 11 is 0. The van der Waals surface area contributed by atoms with E-state index < -0.39 is 0 Å². The van der Waals surface area contributed by atoms with Crippen LogP contribution < -0.4 is 0 Å². The lowest BCUT2D eigenvalue weighted by atomic mass is 9.89.